The van der Waals surface area contributed by atoms with Crippen LogP contribution in [-0.2, 0) is 6.42 Å². The lowest BCUT2D eigenvalue weighted by Gasteiger charge is -2.13. The minimum atomic E-state index is -0.305. The predicted octanol–water partition coefficient (Wildman–Crippen LogP) is 4.31. The molecule has 106 valence electrons. The first-order valence-electron chi connectivity index (χ1n) is 6.99. The van der Waals surface area contributed by atoms with Crippen molar-refractivity contribution >= 4 is 11.8 Å². The highest BCUT2D eigenvalue weighted by Gasteiger charge is 2.09. The molecule has 0 saturated heterocycles. The van der Waals surface area contributed by atoms with Crippen LogP contribution in [-0.4, -0.2) is 17.0 Å². The molecule has 0 bridgehead atoms. The Balaban J connectivity index is 1.94. The highest BCUT2D eigenvalue weighted by molar-refractivity contribution is 7.99. The molecule has 20 heavy (non-hydrogen) atoms. The molecule has 2 aromatic rings. The molecule has 0 heterocycles. The second kappa shape index (κ2) is 6.96. The standard InChI is InChI=1S/C18H22OS/c1-13-8-9-14(2)16(10-13)11-17(19)12-20-18-7-5-4-6-15(18)3/h4-10,17,19H,11-12H2,1-3H3. The van der Waals surface area contributed by atoms with Gasteiger partial charge in [-0.15, -0.1) is 11.8 Å². The van der Waals surface area contributed by atoms with Crippen molar-refractivity contribution in [1.82, 2.24) is 0 Å². The first-order chi connectivity index (χ1) is 9.56. The Hall–Kier alpha value is -1.25. The van der Waals surface area contributed by atoms with Gasteiger partial charge in [0.2, 0.25) is 0 Å². The van der Waals surface area contributed by atoms with E-state index in [4.69, 9.17) is 0 Å². The lowest BCUT2D eigenvalue weighted by atomic mass is 10.0. The van der Waals surface area contributed by atoms with Crippen LogP contribution in [0.4, 0.5) is 0 Å². The number of hydrogen-bond donors (Lipinski definition) is 1. The van der Waals surface area contributed by atoms with Crippen molar-refractivity contribution in [2.45, 2.75) is 38.2 Å². The van der Waals surface area contributed by atoms with E-state index in [0.29, 0.717) is 0 Å². The molecule has 0 fully saturated rings. The normalized spacial score (nSPS) is 12.4. The molecule has 0 aliphatic rings. The van der Waals surface area contributed by atoms with Gasteiger partial charge in [-0.3, -0.25) is 0 Å². The predicted molar refractivity (Wildman–Crippen MR) is 87.5 cm³/mol. The summed E-state index contributed by atoms with van der Waals surface area (Å²) in [7, 11) is 0. The van der Waals surface area contributed by atoms with Crippen molar-refractivity contribution < 1.29 is 5.11 Å². The molecule has 0 amide bonds. The number of aliphatic hydroxyl groups is 1. The molecule has 1 unspecified atom stereocenters. The van der Waals surface area contributed by atoms with Crippen LogP contribution < -0.4 is 0 Å². The van der Waals surface area contributed by atoms with Crippen molar-refractivity contribution in [2.75, 3.05) is 5.75 Å². The summed E-state index contributed by atoms with van der Waals surface area (Å²) >= 11 is 1.73. The van der Waals surface area contributed by atoms with Gasteiger partial charge in [0, 0.05) is 10.6 Å². The molecule has 0 saturated carbocycles. The minimum absolute atomic E-state index is 0.305. The lowest BCUT2D eigenvalue weighted by Crippen LogP contribution is -2.14. The highest BCUT2D eigenvalue weighted by atomic mass is 32.2. The molecule has 0 radical (unpaired) electrons. The minimum Gasteiger partial charge on any atom is -0.392 e. The summed E-state index contributed by atoms with van der Waals surface area (Å²) in [6, 6.07) is 14.7. The molecule has 0 aliphatic heterocycles. The van der Waals surface area contributed by atoms with Crippen LogP contribution >= 0.6 is 11.8 Å². The average molecular weight is 286 g/mol. The summed E-state index contributed by atoms with van der Waals surface area (Å²) in [6.45, 7) is 6.31. The zero-order chi connectivity index (χ0) is 14.5. The van der Waals surface area contributed by atoms with Gasteiger partial charge < -0.3 is 5.11 Å². The van der Waals surface area contributed by atoms with Crippen molar-refractivity contribution in [3.05, 3.63) is 64.7 Å². The van der Waals surface area contributed by atoms with Crippen LogP contribution in [0.5, 0.6) is 0 Å². The van der Waals surface area contributed by atoms with Crippen LogP contribution in [0.1, 0.15) is 22.3 Å². The van der Waals surface area contributed by atoms with Crippen molar-refractivity contribution in [1.29, 1.82) is 0 Å². The fraction of sp³-hybridized carbons (Fsp3) is 0.333. The number of aliphatic hydroxyl groups excluding tert-OH is 1. The van der Waals surface area contributed by atoms with Crippen LogP contribution in [0, 0.1) is 20.8 Å². The Kier molecular flexibility index (Phi) is 5.27. The highest BCUT2D eigenvalue weighted by Crippen LogP contribution is 2.23. The molecule has 1 nitrogen and oxygen atoms in total. The van der Waals surface area contributed by atoms with Gasteiger partial charge in [0.15, 0.2) is 0 Å². The summed E-state index contributed by atoms with van der Waals surface area (Å²) in [5, 5.41) is 10.2. The summed E-state index contributed by atoms with van der Waals surface area (Å²) in [5.74, 6) is 0.734. The van der Waals surface area contributed by atoms with Crippen LogP contribution in [0.25, 0.3) is 0 Å². The molecule has 2 rings (SSSR count). The molecule has 1 N–H and O–H groups in total. The Labute approximate surface area is 126 Å². The third-order valence-electron chi connectivity index (χ3n) is 3.48. The Bertz CT molecular complexity index is 577. The van der Waals surface area contributed by atoms with E-state index in [0.717, 1.165) is 12.2 Å². The lowest BCUT2D eigenvalue weighted by molar-refractivity contribution is 0.200. The first-order valence-corrected chi connectivity index (χ1v) is 7.97. The largest absolute Gasteiger partial charge is 0.392 e. The molecular weight excluding hydrogens is 264 g/mol. The second-order valence-corrected chi connectivity index (χ2v) is 6.43. The maximum atomic E-state index is 10.2. The molecule has 0 spiro atoms. The Morgan fingerprint density at radius 3 is 2.50 bits per heavy atom. The fourth-order valence-corrected chi connectivity index (χ4v) is 3.20. The van der Waals surface area contributed by atoms with Crippen LogP contribution in [0.3, 0.4) is 0 Å². The number of rotatable bonds is 5. The molecule has 2 heteroatoms. The van der Waals surface area contributed by atoms with Gasteiger partial charge in [-0.05, 0) is 49.9 Å². The number of aryl methyl sites for hydroxylation is 3. The van der Waals surface area contributed by atoms with E-state index >= 15 is 0 Å². The fourth-order valence-electron chi connectivity index (χ4n) is 2.24. The zero-order valence-corrected chi connectivity index (χ0v) is 13.2. The van der Waals surface area contributed by atoms with Gasteiger partial charge >= 0.3 is 0 Å². The monoisotopic (exact) mass is 286 g/mol. The number of benzene rings is 2. The van der Waals surface area contributed by atoms with Crippen molar-refractivity contribution in [3.8, 4) is 0 Å². The summed E-state index contributed by atoms with van der Waals surface area (Å²) in [4.78, 5) is 1.26. The van der Waals surface area contributed by atoms with Crippen LogP contribution in [0.15, 0.2) is 47.4 Å². The van der Waals surface area contributed by atoms with E-state index in [1.54, 1.807) is 11.8 Å². The van der Waals surface area contributed by atoms with Crippen LogP contribution in [0.2, 0.25) is 0 Å². The van der Waals surface area contributed by atoms with E-state index in [-0.39, 0.29) is 6.10 Å². The Morgan fingerprint density at radius 2 is 1.75 bits per heavy atom. The second-order valence-electron chi connectivity index (χ2n) is 5.36. The van der Waals surface area contributed by atoms with E-state index in [9.17, 15) is 5.11 Å². The van der Waals surface area contributed by atoms with Gasteiger partial charge in [-0.25, -0.2) is 0 Å². The average Bonchev–Trinajstić information content (AvgIpc) is 2.42. The van der Waals surface area contributed by atoms with Gasteiger partial charge in [0.25, 0.3) is 0 Å². The smallest absolute Gasteiger partial charge is 0.0674 e. The summed E-state index contributed by atoms with van der Waals surface area (Å²) in [6.07, 6.45) is 0.423. The van der Waals surface area contributed by atoms with Crippen molar-refractivity contribution in [2.24, 2.45) is 0 Å². The third kappa shape index (κ3) is 4.12. The van der Waals surface area contributed by atoms with Gasteiger partial charge in [0.05, 0.1) is 6.10 Å². The van der Waals surface area contributed by atoms with Gasteiger partial charge in [-0.1, -0.05) is 42.0 Å². The molecule has 0 aliphatic carbocycles. The quantitative estimate of drug-likeness (QED) is 0.827. The van der Waals surface area contributed by atoms with E-state index in [1.165, 1.54) is 27.1 Å². The molecule has 2 aromatic carbocycles. The summed E-state index contributed by atoms with van der Waals surface area (Å²) in [5.41, 5.74) is 5.04. The van der Waals surface area contributed by atoms with E-state index < -0.39 is 0 Å². The maximum absolute atomic E-state index is 10.2. The SMILES string of the molecule is Cc1ccc(C)c(CC(O)CSc2ccccc2C)c1. The third-order valence-corrected chi connectivity index (χ3v) is 4.81. The molecule has 1 atom stereocenters. The van der Waals surface area contributed by atoms with E-state index in [1.807, 2.05) is 12.1 Å². The Morgan fingerprint density at radius 1 is 1.00 bits per heavy atom. The van der Waals surface area contributed by atoms with E-state index in [2.05, 4.69) is 51.1 Å². The number of thioether (sulfide) groups is 1. The van der Waals surface area contributed by atoms with Crippen molar-refractivity contribution in [3.63, 3.8) is 0 Å². The summed E-state index contributed by atoms with van der Waals surface area (Å²) < 4.78 is 0. The van der Waals surface area contributed by atoms with Gasteiger partial charge in [0.1, 0.15) is 0 Å². The zero-order valence-electron chi connectivity index (χ0n) is 12.4. The first kappa shape index (κ1) is 15.1. The molecule has 0 aromatic heterocycles. The number of hydrogen-bond acceptors (Lipinski definition) is 2. The molecular formula is C18H22OS. The van der Waals surface area contributed by atoms with Gasteiger partial charge in [-0.2, -0.15) is 0 Å². The maximum Gasteiger partial charge on any atom is 0.0674 e. The topological polar surface area (TPSA) is 20.2 Å².